The fourth-order valence-corrected chi connectivity index (χ4v) is 7.93. The number of unbranched alkanes of at least 4 members (excludes halogenated alkanes) is 3. The van der Waals surface area contributed by atoms with E-state index in [9.17, 15) is 14.7 Å². The highest BCUT2D eigenvalue weighted by Gasteiger charge is 2.32. The van der Waals surface area contributed by atoms with Crippen LogP contribution in [0, 0.1) is 0 Å². The maximum absolute atomic E-state index is 13.1. The quantitative estimate of drug-likeness (QED) is 0.0763. The van der Waals surface area contributed by atoms with Gasteiger partial charge in [0.05, 0.1) is 4.08 Å². The fourth-order valence-electron chi connectivity index (χ4n) is 5.35. The molecule has 0 bridgehead atoms. The Balaban J connectivity index is 2.46. The van der Waals surface area contributed by atoms with Crippen LogP contribution in [0.1, 0.15) is 158 Å². The number of hydrogen-bond donors (Lipinski definition) is 2. The van der Waals surface area contributed by atoms with E-state index in [0.717, 1.165) is 44.9 Å². The number of benzene rings is 2. The second kappa shape index (κ2) is 15.0. The average Bonchev–Trinajstić information content (AvgIpc) is 2.84. The van der Waals surface area contributed by atoms with Crippen molar-refractivity contribution in [3.8, 4) is 11.5 Å². The van der Waals surface area contributed by atoms with Gasteiger partial charge in [0.1, 0.15) is 11.5 Å². The molecule has 2 aromatic rings. The summed E-state index contributed by atoms with van der Waals surface area (Å²) in [5.41, 5.74) is 3.00. The fraction of sp³-hybridized carbons (Fsp3) is 0.641. The molecule has 2 N–H and O–H groups in total. The third-order valence-electron chi connectivity index (χ3n) is 7.84. The van der Waals surface area contributed by atoms with Gasteiger partial charge in [-0.15, -0.1) is 23.5 Å². The molecule has 0 atom stereocenters. The van der Waals surface area contributed by atoms with Crippen molar-refractivity contribution in [2.45, 2.75) is 171 Å². The average molecular weight is 673 g/mol. The predicted octanol–water partition coefficient (Wildman–Crippen LogP) is 11.5. The molecule has 0 saturated heterocycles. The van der Waals surface area contributed by atoms with Gasteiger partial charge in [-0.25, -0.2) is 0 Å². The van der Waals surface area contributed by atoms with E-state index in [4.69, 9.17) is 9.84 Å². The molecule has 0 aliphatic rings. The number of hydrogen-bond acceptors (Lipinski definition) is 6. The van der Waals surface area contributed by atoms with E-state index < -0.39 is 5.97 Å². The Morgan fingerprint density at radius 1 is 0.587 bits per heavy atom. The van der Waals surface area contributed by atoms with Crippen molar-refractivity contribution in [2.24, 2.45) is 0 Å². The molecular formula is C39H60O5S2. The summed E-state index contributed by atoms with van der Waals surface area (Å²) in [7, 11) is 0. The molecule has 0 aliphatic heterocycles. The minimum Gasteiger partial charge on any atom is -0.507 e. The number of carbonyl (C=O) groups excluding carboxylic acids is 1. The topological polar surface area (TPSA) is 83.8 Å². The standard InChI is InChI=1S/C39H60O5S2/c1-35(2,3)27-21-25(22-28(33(27)43)36(4,5)6)45-39(13,14)46-26-23-29(37(7,8)9)34(30(24-26)38(10,11)12)44-32(42)20-18-16-15-17-19-31(40)41/h21-24,43H,15-20H2,1-14H3,(H,40,41). The molecule has 0 spiro atoms. The molecule has 258 valence electrons. The number of aliphatic carboxylic acids is 1. The van der Waals surface area contributed by atoms with E-state index in [1.807, 2.05) is 0 Å². The van der Waals surface area contributed by atoms with Crippen LogP contribution in [0.25, 0.3) is 0 Å². The zero-order chi connectivity index (χ0) is 35.5. The van der Waals surface area contributed by atoms with Crippen LogP contribution in [0.4, 0.5) is 0 Å². The van der Waals surface area contributed by atoms with Crippen molar-refractivity contribution in [1.29, 1.82) is 0 Å². The number of aromatic hydroxyl groups is 1. The van der Waals surface area contributed by atoms with Gasteiger partial charge in [-0.2, -0.15) is 0 Å². The molecule has 0 aromatic heterocycles. The van der Waals surface area contributed by atoms with Gasteiger partial charge in [0, 0.05) is 44.9 Å². The molecule has 2 rings (SSSR count). The molecular weight excluding hydrogens is 613 g/mol. The number of phenolic OH excluding ortho intramolecular Hbond substituents is 1. The summed E-state index contributed by atoms with van der Waals surface area (Å²) < 4.78 is 5.94. The zero-order valence-electron chi connectivity index (χ0n) is 31.0. The molecule has 0 saturated carbocycles. The highest BCUT2D eigenvalue weighted by molar-refractivity contribution is 8.18. The molecule has 5 nitrogen and oxygen atoms in total. The number of carboxylic acid groups (broad SMARTS) is 1. The van der Waals surface area contributed by atoms with Crippen LogP contribution in [0.3, 0.4) is 0 Å². The lowest BCUT2D eigenvalue weighted by atomic mass is 9.79. The van der Waals surface area contributed by atoms with Gasteiger partial charge in [0.25, 0.3) is 0 Å². The zero-order valence-corrected chi connectivity index (χ0v) is 32.6. The molecule has 7 heteroatoms. The van der Waals surface area contributed by atoms with Crippen LogP contribution >= 0.6 is 23.5 Å². The Morgan fingerprint density at radius 2 is 0.935 bits per heavy atom. The number of carbonyl (C=O) groups is 2. The Labute approximate surface area is 288 Å². The Morgan fingerprint density at radius 3 is 1.28 bits per heavy atom. The third-order valence-corrected chi connectivity index (χ3v) is 10.3. The Kier molecular flexibility index (Phi) is 13.0. The molecule has 0 aliphatic carbocycles. The molecule has 2 aromatic carbocycles. The van der Waals surface area contributed by atoms with E-state index in [1.54, 1.807) is 23.5 Å². The first-order valence-corrected chi connectivity index (χ1v) is 18.2. The first-order chi connectivity index (χ1) is 20.7. The lowest BCUT2D eigenvalue weighted by Gasteiger charge is -2.32. The molecule has 46 heavy (non-hydrogen) atoms. The Bertz CT molecular complexity index is 1310. The van der Waals surface area contributed by atoms with Crippen LogP contribution in [0.2, 0.25) is 0 Å². The maximum Gasteiger partial charge on any atom is 0.311 e. The summed E-state index contributed by atoms with van der Waals surface area (Å²) in [6.07, 6.45) is 3.37. The summed E-state index contributed by atoms with van der Waals surface area (Å²) in [4.78, 5) is 26.1. The number of thioether (sulfide) groups is 2. The first-order valence-electron chi connectivity index (χ1n) is 16.6. The van der Waals surface area contributed by atoms with Gasteiger partial charge in [-0.1, -0.05) is 95.9 Å². The van der Waals surface area contributed by atoms with Crippen LogP contribution in [0.15, 0.2) is 34.1 Å². The van der Waals surface area contributed by atoms with Crippen molar-refractivity contribution >= 4 is 35.5 Å². The van der Waals surface area contributed by atoms with E-state index >= 15 is 0 Å². The van der Waals surface area contributed by atoms with Crippen molar-refractivity contribution in [3.05, 3.63) is 46.5 Å². The predicted molar refractivity (Wildman–Crippen MR) is 196 cm³/mol. The monoisotopic (exact) mass is 672 g/mol. The molecule has 0 heterocycles. The largest absolute Gasteiger partial charge is 0.507 e. The number of esters is 1. The van der Waals surface area contributed by atoms with E-state index in [-0.39, 0.29) is 38.1 Å². The minimum absolute atomic E-state index is 0.166. The van der Waals surface area contributed by atoms with Crippen LogP contribution in [0.5, 0.6) is 11.5 Å². The first kappa shape index (κ1) is 40.1. The van der Waals surface area contributed by atoms with Gasteiger partial charge < -0.3 is 14.9 Å². The summed E-state index contributed by atoms with van der Waals surface area (Å²) in [5.74, 6) is 0.0240. The molecule has 0 radical (unpaired) electrons. The van der Waals surface area contributed by atoms with Crippen molar-refractivity contribution < 1.29 is 24.5 Å². The second-order valence-corrected chi connectivity index (χ2v) is 20.8. The lowest BCUT2D eigenvalue weighted by Crippen LogP contribution is -2.22. The summed E-state index contributed by atoms with van der Waals surface area (Å²) >= 11 is 3.60. The summed E-state index contributed by atoms with van der Waals surface area (Å²) in [5, 5.41) is 20.1. The molecule has 0 unspecified atom stereocenters. The van der Waals surface area contributed by atoms with Gasteiger partial charge in [0.2, 0.25) is 0 Å². The van der Waals surface area contributed by atoms with Crippen molar-refractivity contribution in [1.82, 2.24) is 0 Å². The third kappa shape index (κ3) is 11.8. The van der Waals surface area contributed by atoms with Gasteiger partial charge in [-0.3, -0.25) is 9.59 Å². The normalized spacial score (nSPS) is 13.2. The van der Waals surface area contributed by atoms with Crippen LogP contribution < -0.4 is 4.74 Å². The molecule has 0 fully saturated rings. The lowest BCUT2D eigenvalue weighted by molar-refractivity contribution is -0.137. The second-order valence-electron chi connectivity index (χ2n) is 17.1. The maximum atomic E-state index is 13.1. The van der Waals surface area contributed by atoms with Crippen LogP contribution in [-0.2, 0) is 31.2 Å². The van der Waals surface area contributed by atoms with Gasteiger partial charge in [0.15, 0.2) is 0 Å². The van der Waals surface area contributed by atoms with Crippen molar-refractivity contribution in [2.75, 3.05) is 0 Å². The summed E-state index contributed by atoms with van der Waals surface area (Å²) in [6.45, 7) is 30.2. The number of ether oxygens (including phenoxy) is 1. The number of rotatable bonds is 12. The summed E-state index contributed by atoms with van der Waals surface area (Å²) in [6, 6.07) is 8.67. The Hall–Kier alpha value is -2.12. The number of carboxylic acids is 1. The van der Waals surface area contributed by atoms with Gasteiger partial charge in [-0.05, 0) is 72.6 Å². The van der Waals surface area contributed by atoms with Crippen molar-refractivity contribution in [3.63, 3.8) is 0 Å². The smallest absolute Gasteiger partial charge is 0.311 e. The highest BCUT2D eigenvalue weighted by atomic mass is 32.2. The molecule has 0 amide bonds. The van der Waals surface area contributed by atoms with E-state index in [2.05, 4.69) is 121 Å². The van der Waals surface area contributed by atoms with E-state index in [1.165, 1.54) is 0 Å². The minimum atomic E-state index is -0.780. The highest BCUT2D eigenvalue weighted by Crippen LogP contribution is 2.51. The SMILES string of the molecule is CC(C)(Sc1cc(C(C)(C)C)c(O)c(C(C)(C)C)c1)Sc1cc(C(C)(C)C)c(OC(=O)CCCCCCC(=O)O)c(C(C)(C)C)c1. The number of phenols is 1. The van der Waals surface area contributed by atoms with Gasteiger partial charge >= 0.3 is 11.9 Å². The van der Waals surface area contributed by atoms with Crippen LogP contribution in [-0.4, -0.2) is 26.2 Å². The van der Waals surface area contributed by atoms with E-state index in [0.29, 0.717) is 30.8 Å².